The third-order valence-corrected chi connectivity index (χ3v) is 9.09. The number of carbonyl (C=O) groups is 1. The number of likely N-dealkylation sites (tertiary alicyclic amines) is 1. The van der Waals surface area contributed by atoms with E-state index in [9.17, 15) is 9.90 Å². The number of nitrogens with zero attached hydrogens (tertiary/aromatic N) is 1. The van der Waals surface area contributed by atoms with Crippen molar-refractivity contribution in [2.45, 2.75) is 68.1 Å². The molecule has 2 aromatic carbocycles. The lowest BCUT2D eigenvalue weighted by molar-refractivity contribution is -0.230. The van der Waals surface area contributed by atoms with Crippen LogP contribution >= 0.6 is 0 Å². The molecule has 2 aliphatic heterocycles. The van der Waals surface area contributed by atoms with E-state index in [2.05, 4.69) is 35.7 Å². The van der Waals surface area contributed by atoms with Crippen LogP contribution < -0.4 is 4.74 Å². The van der Waals surface area contributed by atoms with Gasteiger partial charge in [-0.15, -0.1) is 6.58 Å². The predicted molar refractivity (Wildman–Crippen MR) is 130 cm³/mol. The first-order valence-corrected chi connectivity index (χ1v) is 12.6. The zero-order valence-electron chi connectivity index (χ0n) is 19.9. The fourth-order valence-electron chi connectivity index (χ4n) is 7.69. The minimum Gasteiger partial charge on any atom is -0.504 e. The van der Waals surface area contributed by atoms with Gasteiger partial charge in [-0.3, -0.25) is 9.69 Å². The maximum atomic E-state index is 13.5. The number of hydrogen-bond donors (Lipinski definition) is 1. The zero-order valence-corrected chi connectivity index (χ0v) is 19.9. The van der Waals surface area contributed by atoms with Gasteiger partial charge in [0.25, 0.3) is 0 Å². The van der Waals surface area contributed by atoms with E-state index >= 15 is 0 Å². The molecule has 34 heavy (non-hydrogen) atoms. The number of aromatic hydroxyl groups is 1. The maximum absolute atomic E-state index is 13.5. The molecule has 2 heterocycles. The fraction of sp³-hybridized carbons (Fsp3) is 0.483. The van der Waals surface area contributed by atoms with E-state index in [4.69, 9.17) is 9.47 Å². The SMILES string of the molecule is C=CCN1CC[C@]23c4c5ccc(O)c4O[C@@]2(C)C(=O)CC[C@@]3(OCCCc2ccccc2)[C@H]1C5. The molecule has 6 rings (SSSR count). The summed E-state index contributed by atoms with van der Waals surface area (Å²) in [4.78, 5) is 16.0. The first kappa shape index (κ1) is 21.9. The molecule has 4 atom stereocenters. The minimum atomic E-state index is -1.03. The van der Waals surface area contributed by atoms with Crippen LogP contribution in [-0.4, -0.2) is 52.7 Å². The number of ketones is 1. The number of phenolic OH excluding ortho intramolecular Hbond substituents is 1. The van der Waals surface area contributed by atoms with Crippen molar-refractivity contribution in [1.82, 2.24) is 4.90 Å². The highest BCUT2D eigenvalue weighted by Gasteiger charge is 2.78. The van der Waals surface area contributed by atoms with Crippen LogP contribution in [-0.2, 0) is 27.8 Å². The van der Waals surface area contributed by atoms with Crippen LogP contribution in [0.3, 0.4) is 0 Å². The molecule has 1 spiro atoms. The molecule has 5 nitrogen and oxygen atoms in total. The van der Waals surface area contributed by atoms with Gasteiger partial charge < -0.3 is 14.6 Å². The van der Waals surface area contributed by atoms with Crippen LogP contribution in [0.1, 0.15) is 49.3 Å². The summed E-state index contributed by atoms with van der Waals surface area (Å²) in [6.07, 6.45) is 6.55. The average molecular weight is 460 g/mol. The van der Waals surface area contributed by atoms with Crippen LogP contribution in [0.15, 0.2) is 55.1 Å². The molecule has 5 heteroatoms. The van der Waals surface area contributed by atoms with E-state index in [1.807, 2.05) is 25.1 Å². The summed E-state index contributed by atoms with van der Waals surface area (Å²) in [5, 5.41) is 10.8. The number of rotatable bonds is 7. The van der Waals surface area contributed by atoms with Crippen LogP contribution in [0.2, 0.25) is 0 Å². The zero-order chi connectivity index (χ0) is 23.6. The number of hydrogen-bond acceptors (Lipinski definition) is 5. The normalized spacial score (nSPS) is 33.3. The summed E-state index contributed by atoms with van der Waals surface area (Å²) in [5.41, 5.74) is 1.35. The molecule has 1 N–H and O–H groups in total. The van der Waals surface area contributed by atoms with Crippen molar-refractivity contribution in [3.05, 3.63) is 71.8 Å². The van der Waals surface area contributed by atoms with E-state index < -0.39 is 16.6 Å². The Morgan fingerprint density at radius 1 is 1.24 bits per heavy atom. The number of ether oxygens (including phenoxy) is 2. The van der Waals surface area contributed by atoms with Gasteiger partial charge in [0.05, 0.1) is 11.0 Å². The van der Waals surface area contributed by atoms with Crippen molar-refractivity contribution in [2.75, 3.05) is 19.7 Å². The molecule has 2 aromatic rings. The molecule has 178 valence electrons. The number of phenols is 1. The molecule has 2 bridgehead atoms. The van der Waals surface area contributed by atoms with Gasteiger partial charge in [-0.25, -0.2) is 0 Å². The van der Waals surface area contributed by atoms with Crippen molar-refractivity contribution < 1.29 is 19.4 Å². The second kappa shape index (κ2) is 7.69. The Balaban J connectivity index is 1.44. The standard InChI is InChI=1S/C29H33NO4/c1-3-16-30-17-15-28-25-21-11-12-22(31)26(25)34-27(28,2)24(32)13-14-29(28,23(30)19-21)33-18-7-10-20-8-5-4-6-9-20/h3-6,8-9,11-12,23,31H,1,7,10,13-19H2,2H3/t23-,27+,28+,29-/m1/s1. The molecule has 2 fully saturated rings. The van der Waals surface area contributed by atoms with Crippen molar-refractivity contribution in [1.29, 1.82) is 0 Å². The summed E-state index contributed by atoms with van der Waals surface area (Å²) >= 11 is 0. The van der Waals surface area contributed by atoms with E-state index in [0.717, 1.165) is 44.3 Å². The third kappa shape index (κ3) is 2.65. The minimum absolute atomic E-state index is 0.121. The second-order valence-electron chi connectivity index (χ2n) is 10.5. The highest BCUT2D eigenvalue weighted by Crippen LogP contribution is 2.69. The van der Waals surface area contributed by atoms with Gasteiger partial charge >= 0.3 is 0 Å². The molecule has 4 aliphatic rings. The molecule has 0 amide bonds. The maximum Gasteiger partial charge on any atom is 0.177 e. The smallest absolute Gasteiger partial charge is 0.177 e. The highest BCUT2D eigenvalue weighted by molar-refractivity contribution is 5.94. The number of carbonyl (C=O) groups excluding carboxylic acids is 1. The van der Waals surface area contributed by atoms with Crippen molar-refractivity contribution in [3.8, 4) is 11.5 Å². The lowest BCUT2D eigenvalue weighted by Gasteiger charge is -2.66. The summed E-state index contributed by atoms with van der Waals surface area (Å²) in [7, 11) is 0. The number of aryl methyl sites for hydroxylation is 1. The van der Waals surface area contributed by atoms with E-state index in [-0.39, 0.29) is 17.6 Å². The lowest BCUT2D eigenvalue weighted by atomic mass is 9.45. The quantitative estimate of drug-likeness (QED) is 0.493. The second-order valence-corrected chi connectivity index (χ2v) is 10.5. The Bertz CT molecular complexity index is 1150. The first-order chi connectivity index (χ1) is 16.5. The van der Waals surface area contributed by atoms with Crippen LogP contribution in [0.4, 0.5) is 0 Å². The van der Waals surface area contributed by atoms with Crippen molar-refractivity contribution in [2.24, 2.45) is 0 Å². The fourth-order valence-corrected chi connectivity index (χ4v) is 7.69. The molecular formula is C29H33NO4. The number of Topliss-reactive ketones (excluding diaryl/α,β-unsaturated/α-hetero) is 1. The van der Waals surface area contributed by atoms with Gasteiger partial charge in [-0.2, -0.15) is 0 Å². The Labute approximate surface area is 201 Å². The van der Waals surface area contributed by atoms with Gasteiger partial charge in [-0.05, 0) is 56.2 Å². The predicted octanol–water partition coefficient (Wildman–Crippen LogP) is 4.35. The van der Waals surface area contributed by atoms with Crippen LogP contribution in [0.25, 0.3) is 0 Å². The number of benzene rings is 2. The summed E-state index contributed by atoms with van der Waals surface area (Å²) < 4.78 is 13.5. The Morgan fingerprint density at radius 3 is 2.85 bits per heavy atom. The monoisotopic (exact) mass is 459 g/mol. The highest BCUT2D eigenvalue weighted by atomic mass is 16.5. The van der Waals surface area contributed by atoms with Gasteiger partial charge in [0, 0.05) is 37.7 Å². The average Bonchev–Trinajstić information content (AvgIpc) is 3.13. The van der Waals surface area contributed by atoms with Gasteiger partial charge in [0.2, 0.25) is 0 Å². The summed E-state index contributed by atoms with van der Waals surface area (Å²) in [5.74, 6) is 0.750. The van der Waals surface area contributed by atoms with E-state index in [0.29, 0.717) is 25.2 Å². The van der Waals surface area contributed by atoms with Gasteiger partial charge in [0.15, 0.2) is 22.9 Å². The van der Waals surface area contributed by atoms with Crippen molar-refractivity contribution >= 4 is 5.78 Å². The van der Waals surface area contributed by atoms with Crippen LogP contribution in [0, 0.1) is 0 Å². The van der Waals surface area contributed by atoms with Crippen LogP contribution in [0.5, 0.6) is 11.5 Å². The van der Waals surface area contributed by atoms with Gasteiger partial charge in [0.1, 0.15) is 0 Å². The Kier molecular flexibility index (Phi) is 4.95. The topological polar surface area (TPSA) is 59.0 Å². The Hall–Kier alpha value is -2.63. The summed E-state index contributed by atoms with van der Waals surface area (Å²) in [6, 6.07) is 14.4. The molecule has 0 unspecified atom stereocenters. The molecule has 1 saturated carbocycles. The summed E-state index contributed by atoms with van der Waals surface area (Å²) in [6.45, 7) is 8.23. The van der Waals surface area contributed by atoms with E-state index in [1.165, 1.54) is 11.1 Å². The van der Waals surface area contributed by atoms with Crippen molar-refractivity contribution in [3.63, 3.8) is 0 Å². The van der Waals surface area contributed by atoms with Gasteiger partial charge in [-0.1, -0.05) is 42.5 Å². The lowest BCUT2D eigenvalue weighted by Crippen LogP contribution is -2.80. The molecular weight excluding hydrogens is 426 g/mol. The largest absolute Gasteiger partial charge is 0.504 e. The Morgan fingerprint density at radius 2 is 2.06 bits per heavy atom. The number of piperidine rings is 1. The van der Waals surface area contributed by atoms with E-state index in [1.54, 1.807) is 6.07 Å². The molecule has 0 aromatic heterocycles. The first-order valence-electron chi connectivity index (χ1n) is 12.6. The molecule has 1 saturated heterocycles. The third-order valence-electron chi connectivity index (χ3n) is 9.09. The molecule has 2 aliphatic carbocycles. The molecule has 0 radical (unpaired) electrons.